The smallest absolute Gasteiger partial charge is 0.223 e. The highest BCUT2D eigenvalue weighted by Crippen LogP contribution is 2.34. The number of nitrogens with zero attached hydrogens (tertiary/aromatic N) is 1. The molecule has 2 saturated carbocycles. The predicted molar refractivity (Wildman–Crippen MR) is 93.4 cm³/mol. The second-order valence-corrected chi connectivity index (χ2v) is 7.18. The molecule has 0 spiro atoms. The number of aromatic nitrogens is 1. The second-order valence-electron chi connectivity index (χ2n) is 7.18. The van der Waals surface area contributed by atoms with Crippen LogP contribution in [0.1, 0.15) is 56.9 Å². The first-order valence-corrected chi connectivity index (χ1v) is 9.19. The van der Waals surface area contributed by atoms with Gasteiger partial charge in [-0.25, -0.2) is 0 Å². The van der Waals surface area contributed by atoms with E-state index in [9.17, 15) is 4.79 Å². The normalized spacial score (nSPS) is 19.1. The molecule has 1 amide bonds. The molecule has 0 aliphatic heterocycles. The number of para-hydroxylation sites is 1. The molecule has 1 heterocycles. The first-order valence-electron chi connectivity index (χ1n) is 9.19. The maximum atomic E-state index is 12.9. The summed E-state index contributed by atoms with van der Waals surface area (Å²) in [6.07, 6.45) is 12.4. The summed E-state index contributed by atoms with van der Waals surface area (Å²) < 4.78 is 0. The van der Waals surface area contributed by atoms with Gasteiger partial charge in [0.25, 0.3) is 0 Å². The number of carbonyl (C=O) groups is 1. The van der Waals surface area contributed by atoms with Gasteiger partial charge in [-0.05, 0) is 43.7 Å². The molecular weight excluding hydrogens is 284 g/mol. The van der Waals surface area contributed by atoms with E-state index < -0.39 is 0 Å². The summed E-state index contributed by atoms with van der Waals surface area (Å²) >= 11 is 0. The Morgan fingerprint density at radius 2 is 1.78 bits per heavy atom. The molecule has 0 unspecified atom stereocenters. The molecule has 122 valence electrons. The topological polar surface area (TPSA) is 36.1 Å². The number of hydrogen-bond acceptors (Lipinski definition) is 1. The lowest BCUT2D eigenvalue weighted by Crippen LogP contribution is -2.43. The van der Waals surface area contributed by atoms with Gasteiger partial charge in [0.15, 0.2) is 0 Å². The third-order valence-corrected chi connectivity index (χ3v) is 5.48. The molecule has 1 aromatic heterocycles. The van der Waals surface area contributed by atoms with E-state index in [-0.39, 0.29) is 0 Å². The number of carbonyl (C=O) groups excluding carboxylic acids is 1. The van der Waals surface area contributed by atoms with Gasteiger partial charge in [0, 0.05) is 35.6 Å². The van der Waals surface area contributed by atoms with Crippen LogP contribution in [-0.4, -0.2) is 27.9 Å². The van der Waals surface area contributed by atoms with Gasteiger partial charge in [0.2, 0.25) is 5.91 Å². The number of aromatic amines is 1. The van der Waals surface area contributed by atoms with Gasteiger partial charge < -0.3 is 9.88 Å². The number of H-pyrrole nitrogens is 1. The summed E-state index contributed by atoms with van der Waals surface area (Å²) in [6.45, 7) is 0. The number of hydrogen-bond donors (Lipinski definition) is 1. The van der Waals surface area contributed by atoms with E-state index >= 15 is 0 Å². The number of rotatable bonds is 5. The zero-order valence-electron chi connectivity index (χ0n) is 13.8. The van der Waals surface area contributed by atoms with Crippen LogP contribution < -0.4 is 0 Å². The average Bonchev–Trinajstić information content (AvgIpc) is 3.33. The van der Waals surface area contributed by atoms with E-state index in [1.165, 1.54) is 61.4 Å². The van der Waals surface area contributed by atoms with Gasteiger partial charge in [0.05, 0.1) is 0 Å². The van der Waals surface area contributed by atoms with Crippen molar-refractivity contribution < 1.29 is 4.79 Å². The predicted octanol–water partition coefficient (Wildman–Crippen LogP) is 4.42. The lowest BCUT2D eigenvalue weighted by Gasteiger charge is -2.34. The fraction of sp³-hybridized carbons (Fsp3) is 0.550. The number of amides is 1. The quantitative estimate of drug-likeness (QED) is 0.871. The van der Waals surface area contributed by atoms with Crippen LogP contribution in [0, 0.1) is 0 Å². The van der Waals surface area contributed by atoms with Crippen LogP contribution in [0.3, 0.4) is 0 Å². The van der Waals surface area contributed by atoms with Gasteiger partial charge in [-0.2, -0.15) is 0 Å². The monoisotopic (exact) mass is 310 g/mol. The summed E-state index contributed by atoms with van der Waals surface area (Å²) in [4.78, 5) is 18.5. The SMILES string of the molecule is O=C(CCc1c[nH]c2ccccc12)N(C1CCCCC1)C1CC1. The van der Waals surface area contributed by atoms with Crippen LogP contribution >= 0.6 is 0 Å². The molecule has 3 nitrogen and oxygen atoms in total. The van der Waals surface area contributed by atoms with Crippen molar-refractivity contribution in [1.82, 2.24) is 9.88 Å². The minimum Gasteiger partial charge on any atom is -0.361 e. The first-order chi connectivity index (χ1) is 11.3. The standard InChI is InChI=1S/C20H26N2O/c23-20(22(17-11-12-17)16-6-2-1-3-7-16)13-10-15-14-21-19-9-5-4-8-18(15)19/h4-5,8-9,14,16-17,21H,1-3,6-7,10-13H2. The number of aryl methyl sites for hydroxylation is 1. The Hall–Kier alpha value is -1.77. The Labute approximate surface area is 138 Å². The molecule has 0 saturated heterocycles. The molecule has 3 heteroatoms. The van der Waals surface area contributed by atoms with Gasteiger partial charge in [-0.1, -0.05) is 37.5 Å². The van der Waals surface area contributed by atoms with Crippen molar-refractivity contribution in [3.05, 3.63) is 36.0 Å². The molecule has 0 atom stereocenters. The van der Waals surface area contributed by atoms with Crippen molar-refractivity contribution in [3.63, 3.8) is 0 Å². The molecule has 4 rings (SSSR count). The number of nitrogens with one attached hydrogen (secondary N) is 1. The molecule has 0 bridgehead atoms. The summed E-state index contributed by atoms with van der Waals surface area (Å²) in [5, 5.41) is 1.26. The van der Waals surface area contributed by atoms with E-state index in [0.29, 0.717) is 24.4 Å². The fourth-order valence-electron chi connectivity index (χ4n) is 4.13. The largest absolute Gasteiger partial charge is 0.361 e. The average molecular weight is 310 g/mol. The summed E-state index contributed by atoms with van der Waals surface area (Å²) in [7, 11) is 0. The molecule has 1 N–H and O–H groups in total. The second kappa shape index (κ2) is 6.38. The third kappa shape index (κ3) is 3.15. The highest BCUT2D eigenvalue weighted by atomic mass is 16.2. The summed E-state index contributed by atoms with van der Waals surface area (Å²) in [5.74, 6) is 0.379. The Kier molecular flexibility index (Phi) is 4.11. The van der Waals surface area contributed by atoms with Crippen molar-refractivity contribution in [2.45, 2.75) is 69.9 Å². The lowest BCUT2D eigenvalue weighted by atomic mass is 9.93. The van der Waals surface area contributed by atoms with Gasteiger partial charge in [0.1, 0.15) is 0 Å². The Balaban J connectivity index is 1.43. The number of benzene rings is 1. The molecule has 2 aromatic rings. The number of fused-ring (bicyclic) bond motifs is 1. The van der Waals surface area contributed by atoms with Crippen LogP contribution in [0.2, 0.25) is 0 Å². The van der Waals surface area contributed by atoms with Crippen LogP contribution in [-0.2, 0) is 11.2 Å². The van der Waals surface area contributed by atoms with Crippen LogP contribution in [0.5, 0.6) is 0 Å². The molecule has 2 aliphatic carbocycles. The van der Waals surface area contributed by atoms with Crippen molar-refractivity contribution in [3.8, 4) is 0 Å². The fourth-order valence-corrected chi connectivity index (χ4v) is 4.13. The first kappa shape index (κ1) is 14.8. The molecular formula is C20H26N2O. The maximum absolute atomic E-state index is 12.9. The van der Waals surface area contributed by atoms with Crippen molar-refractivity contribution >= 4 is 16.8 Å². The lowest BCUT2D eigenvalue weighted by molar-refractivity contribution is -0.134. The third-order valence-electron chi connectivity index (χ3n) is 5.48. The Bertz CT molecular complexity index is 680. The zero-order chi connectivity index (χ0) is 15.6. The van der Waals surface area contributed by atoms with Crippen molar-refractivity contribution in [2.24, 2.45) is 0 Å². The van der Waals surface area contributed by atoms with Crippen LogP contribution in [0.4, 0.5) is 0 Å². The minimum atomic E-state index is 0.379. The molecule has 2 aliphatic rings. The molecule has 23 heavy (non-hydrogen) atoms. The van der Waals surface area contributed by atoms with Crippen LogP contribution in [0.15, 0.2) is 30.5 Å². The molecule has 1 aromatic carbocycles. The van der Waals surface area contributed by atoms with Crippen molar-refractivity contribution in [2.75, 3.05) is 0 Å². The zero-order valence-corrected chi connectivity index (χ0v) is 13.8. The van der Waals surface area contributed by atoms with E-state index in [4.69, 9.17) is 0 Å². The molecule has 2 fully saturated rings. The van der Waals surface area contributed by atoms with Gasteiger partial charge in [-0.15, -0.1) is 0 Å². The van der Waals surface area contributed by atoms with Gasteiger partial charge in [-0.3, -0.25) is 4.79 Å². The Morgan fingerprint density at radius 1 is 1.04 bits per heavy atom. The van der Waals surface area contributed by atoms with Crippen LogP contribution in [0.25, 0.3) is 10.9 Å². The van der Waals surface area contributed by atoms with E-state index in [2.05, 4.69) is 34.3 Å². The van der Waals surface area contributed by atoms with E-state index in [1.54, 1.807) is 0 Å². The Morgan fingerprint density at radius 3 is 2.57 bits per heavy atom. The highest BCUT2D eigenvalue weighted by Gasteiger charge is 2.37. The molecule has 0 radical (unpaired) electrons. The summed E-state index contributed by atoms with van der Waals surface area (Å²) in [5.41, 5.74) is 2.44. The van der Waals surface area contributed by atoms with Crippen molar-refractivity contribution in [1.29, 1.82) is 0 Å². The summed E-state index contributed by atoms with van der Waals surface area (Å²) in [6, 6.07) is 9.43. The van der Waals surface area contributed by atoms with E-state index in [1.807, 2.05) is 6.07 Å². The highest BCUT2D eigenvalue weighted by molar-refractivity contribution is 5.84. The van der Waals surface area contributed by atoms with E-state index in [0.717, 1.165) is 6.42 Å². The van der Waals surface area contributed by atoms with Gasteiger partial charge >= 0.3 is 0 Å². The maximum Gasteiger partial charge on any atom is 0.223 e. The minimum absolute atomic E-state index is 0.379.